The molecule has 1 saturated heterocycles. The Morgan fingerprint density at radius 3 is 2.65 bits per heavy atom. The number of hydrogen-bond acceptors (Lipinski definition) is 3. The number of benzene rings is 1. The largest absolute Gasteiger partial charge is 0.378 e. The van der Waals surface area contributed by atoms with Crippen LogP contribution in [-0.2, 0) is 9.53 Å². The highest BCUT2D eigenvalue weighted by Crippen LogP contribution is 2.41. The molecule has 0 bridgehead atoms. The molecule has 1 aliphatic heterocycles. The fourth-order valence-electron chi connectivity index (χ4n) is 3.25. The van der Waals surface area contributed by atoms with E-state index in [2.05, 4.69) is 55.3 Å². The first-order valence-corrected chi connectivity index (χ1v) is 8.64. The van der Waals surface area contributed by atoms with Crippen LogP contribution in [0.1, 0.15) is 43.9 Å². The molecule has 4 heteroatoms. The molecule has 4 nitrogen and oxygen atoms in total. The molecule has 23 heavy (non-hydrogen) atoms. The molecule has 3 rings (SSSR count). The lowest BCUT2D eigenvalue weighted by Gasteiger charge is -2.41. The van der Waals surface area contributed by atoms with Crippen molar-refractivity contribution in [1.29, 1.82) is 0 Å². The fourth-order valence-corrected chi connectivity index (χ4v) is 3.25. The smallest absolute Gasteiger partial charge is 0.234 e. The van der Waals surface area contributed by atoms with Gasteiger partial charge in [-0.25, -0.2) is 0 Å². The SMILES string of the molecule is Cc1ccc(C(NC(=O)CN2CCOCC2(C)C)C2CC2)cc1. The van der Waals surface area contributed by atoms with Gasteiger partial charge in [-0.15, -0.1) is 0 Å². The number of amides is 1. The third-order valence-corrected chi connectivity index (χ3v) is 5.00. The van der Waals surface area contributed by atoms with Crippen molar-refractivity contribution in [3.05, 3.63) is 35.4 Å². The summed E-state index contributed by atoms with van der Waals surface area (Å²) in [6.45, 7) is 9.03. The number of rotatable bonds is 5. The maximum atomic E-state index is 12.6. The van der Waals surface area contributed by atoms with Gasteiger partial charge in [0.15, 0.2) is 0 Å². The molecule has 2 aliphatic rings. The molecule has 1 aromatic rings. The number of morpholine rings is 1. The van der Waals surface area contributed by atoms with E-state index in [9.17, 15) is 4.79 Å². The van der Waals surface area contributed by atoms with Crippen LogP contribution in [0.3, 0.4) is 0 Å². The van der Waals surface area contributed by atoms with Crippen molar-refractivity contribution >= 4 is 5.91 Å². The van der Waals surface area contributed by atoms with Crippen LogP contribution >= 0.6 is 0 Å². The van der Waals surface area contributed by atoms with E-state index in [1.807, 2.05) is 0 Å². The lowest BCUT2D eigenvalue weighted by atomic mass is 10.0. The van der Waals surface area contributed by atoms with Gasteiger partial charge in [-0.05, 0) is 45.1 Å². The number of carbonyl (C=O) groups is 1. The Morgan fingerprint density at radius 2 is 2.04 bits per heavy atom. The van der Waals surface area contributed by atoms with E-state index in [1.165, 1.54) is 24.0 Å². The molecule has 1 aliphatic carbocycles. The fraction of sp³-hybridized carbons (Fsp3) is 0.632. The van der Waals surface area contributed by atoms with E-state index in [-0.39, 0.29) is 17.5 Å². The zero-order chi connectivity index (χ0) is 16.4. The maximum Gasteiger partial charge on any atom is 0.234 e. The van der Waals surface area contributed by atoms with Crippen molar-refractivity contribution in [2.24, 2.45) is 5.92 Å². The van der Waals surface area contributed by atoms with Crippen molar-refractivity contribution in [1.82, 2.24) is 10.2 Å². The van der Waals surface area contributed by atoms with E-state index < -0.39 is 0 Å². The molecule has 1 aromatic carbocycles. The Balaban J connectivity index is 1.63. The van der Waals surface area contributed by atoms with Gasteiger partial charge >= 0.3 is 0 Å². The zero-order valence-corrected chi connectivity index (χ0v) is 14.5. The van der Waals surface area contributed by atoms with E-state index >= 15 is 0 Å². The minimum absolute atomic E-state index is 0.0749. The topological polar surface area (TPSA) is 41.6 Å². The van der Waals surface area contributed by atoms with E-state index in [4.69, 9.17) is 4.74 Å². The highest BCUT2D eigenvalue weighted by molar-refractivity contribution is 5.78. The van der Waals surface area contributed by atoms with Crippen LogP contribution in [0.2, 0.25) is 0 Å². The molecule has 1 unspecified atom stereocenters. The second-order valence-corrected chi connectivity index (χ2v) is 7.58. The minimum atomic E-state index is -0.0749. The van der Waals surface area contributed by atoms with Crippen LogP contribution in [0.4, 0.5) is 0 Å². The molecule has 1 heterocycles. The second-order valence-electron chi connectivity index (χ2n) is 7.58. The van der Waals surface area contributed by atoms with E-state index in [0.717, 1.165) is 6.54 Å². The summed E-state index contributed by atoms with van der Waals surface area (Å²) in [5, 5.41) is 3.28. The van der Waals surface area contributed by atoms with Gasteiger partial charge in [0, 0.05) is 12.1 Å². The number of nitrogens with one attached hydrogen (secondary N) is 1. The van der Waals surface area contributed by atoms with Crippen molar-refractivity contribution in [2.45, 2.75) is 45.2 Å². The van der Waals surface area contributed by atoms with Gasteiger partial charge in [-0.1, -0.05) is 29.8 Å². The zero-order valence-electron chi connectivity index (χ0n) is 14.5. The molecular weight excluding hydrogens is 288 g/mol. The minimum Gasteiger partial charge on any atom is -0.378 e. The van der Waals surface area contributed by atoms with Crippen molar-refractivity contribution < 1.29 is 9.53 Å². The van der Waals surface area contributed by atoms with Crippen LogP contribution in [0.15, 0.2) is 24.3 Å². The summed E-state index contributed by atoms with van der Waals surface area (Å²) in [7, 11) is 0. The summed E-state index contributed by atoms with van der Waals surface area (Å²) in [6.07, 6.45) is 2.42. The van der Waals surface area contributed by atoms with Crippen LogP contribution in [-0.4, -0.2) is 42.6 Å². The van der Waals surface area contributed by atoms with Crippen LogP contribution in [0, 0.1) is 12.8 Å². The molecule has 126 valence electrons. The first-order valence-electron chi connectivity index (χ1n) is 8.64. The molecule has 1 N–H and O–H groups in total. The number of carbonyl (C=O) groups excluding carboxylic acids is 1. The summed E-state index contributed by atoms with van der Waals surface area (Å²) >= 11 is 0. The van der Waals surface area contributed by atoms with Gasteiger partial charge in [0.05, 0.1) is 25.8 Å². The maximum absolute atomic E-state index is 12.6. The first kappa shape index (κ1) is 16.5. The Labute approximate surface area is 139 Å². The predicted octanol–water partition coefficient (Wildman–Crippen LogP) is 2.67. The Morgan fingerprint density at radius 1 is 1.35 bits per heavy atom. The van der Waals surface area contributed by atoms with Crippen molar-refractivity contribution in [3.8, 4) is 0 Å². The summed E-state index contributed by atoms with van der Waals surface area (Å²) < 4.78 is 5.53. The first-order chi connectivity index (χ1) is 11.0. The molecule has 1 saturated carbocycles. The molecule has 0 aromatic heterocycles. The van der Waals surface area contributed by atoms with Gasteiger partial charge in [0.2, 0.25) is 5.91 Å². The van der Waals surface area contributed by atoms with E-state index in [0.29, 0.717) is 25.7 Å². The monoisotopic (exact) mass is 316 g/mol. The number of aryl methyl sites for hydroxylation is 1. The van der Waals surface area contributed by atoms with E-state index in [1.54, 1.807) is 0 Å². The highest BCUT2D eigenvalue weighted by atomic mass is 16.5. The lowest BCUT2D eigenvalue weighted by Crippen LogP contribution is -2.56. The summed E-state index contributed by atoms with van der Waals surface area (Å²) in [4.78, 5) is 14.8. The van der Waals surface area contributed by atoms with Gasteiger partial charge in [-0.3, -0.25) is 9.69 Å². The highest BCUT2D eigenvalue weighted by Gasteiger charge is 2.35. The average Bonchev–Trinajstić information content (AvgIpc) is 3.33. The molecular formula is C19H28N2O2. The standard InChI is InChI=1S/C19H28N2O2/c1-14-4-6-15(7-5-14)18(16-8-9-16)20-17(22)12-21-10-11-23-13-19(21,2)3/h4-7,16,18H,8-13H2,1-3H3,(H,20,22). The van der Waals surface area contributed by atoms with Gasteiger partial charge in [-0.2, -0.15) is 0 Å². The Bertz CT molecular complexity index is 549. The predicted molar refractivity (Wildman–Crippen MR) is 91.3 cm³/mol. The third kappa shape index (κ3) is 4.12. The van der Waals surface area contributed by atoms with Crippen LogP contribution in [0.25, 0.3) is 0 Å². The summed E-state index contributed by atoms with van der Waals surface area (Å²) in [6, 6.07) is 8.71. The van der Waals surface area contributed by atoms with Gasteiger partial charge in [0.1, 0.15) is 0 Å². The Hall–Kier alpha value is -1.39. The lowest BCUT2D eigenvalue weighted by molar-refractivity contribution is -0.128. The summed E-state index contributed by atoms with van der Waals surface area (Å²) in [5.74, 6) is 0.719. The molecule has 0 spiro atoms. The van der Waals surface area contributed by atoms with Gasteiger partial charge in [0.25, 0.3) is 0 Å². The average molecular weight is 316 g/mol. The van der Waals surface area contributed by atoms with Crippen LogP contribution < -0.4 is 5.32 Å². The quantitative estimate of drug-likeness (QED) is 0.908. The number of nitrogens with zero attached hydrogens (tertiary/aromatic N) is 1. The molecule has 1 amide bonds. The molecule has 1 atom stereocenters. The van der Waals surface area contributed by atoms with Crippen molar-refractivity contribution in [2.75, 3.05) is 26.3 Å². The second kappa shape index (κ2) is 6.62. The van der Waals surface area contributed by atoms with Gasteiger partial charge < -0.3 is 10.1 Å². The summed E-state index contributed by atoms with van der Waals surface area (Å²) in [5.41, 5.74) is 2.41. The van der Waals surface area contributed by atoms with Crippen molar-refractivity contribution in [3.63, 3.8) is 0 Å². The normalized spacial score (nSPS) is 22.6. The number of hydrogen-bond donors (Lipinski definition) is 1. The molecule has 0 radical (unpaired) electrons. The third-order valence-electron chi connectivity index (χ3n) is 5.00. The van der Waals surface area contributed by atoms with Crippen LogP contribution in [0.5, 0.6) is 0 Å². The number of ether oxygens (including phenoxy) is 1. The Kier molecular flexibility index (Phi) is 4.74. The molecule has 2 fully saturated rings.